The highest BCUT2D eigenvalue weighted by atomic mass is 16.6. The molecule has 2 bridgehead atoms. The average Bonchev–Trinajstić information content (AvgIpc) is 3.94. The van der Waals surface area contributed by atoms with E-state index in [1.807, 2.05) is 13.8 Å². The van der Waals surface area contributed by atoms with Gasteiger partial charge in [0.2, 0.25) is 0 Å². The number of amides is 1. The number of carbonyl (C=O) groups excluding carboxylic acids is 4. The fourth-order valence-corrected chi connectivity index (χ4v) is 9.06. The molecule has 4 aliphatic carbocycles. The summed E-state index contributed by atoms with van der Waals surface area (Å²) in [4.78, 5) is 54.7. The number of nitrogens with one attached hydrogen (secondary N) is 1. The maximum absolute atomic E-state index is 14.6. The van der Waals surface area contributed by atoms with Crippen LogP contribution >= 0.6 is 0 Å². The van der Waals surface area contributed by atoms with E-state index in [0.29, 0.717) is 12.8 Å². The van der Waals surface area contributed by atoms with Crippen LogP contribution in [0.5, 0.6) is 0 Å². The Hall–Kier alpha value is -3.40. The predicted octanol–water partition coefficient (Wildman–Crippen LogP) is 1.58. The van der Waals surface area contributed by atoms with Crippen LogP contribution in [0.3, 0.4) is 0 Å². The smallest absolute Gasteiger partial charge is 0.407 e. The largest absolute Gasteiger partial charge is 0.456 e. The highest BCUT2D eigenvalue weighted by Gasteiger charge is 2.76. The normalized spacial score (nSPS) is 37.7. The molecule has 0 radical (unpaired) electrons. The topological polar surface area (TPSA) is 218 Å². The molecule has 3 saturated carbocycles. The van der Waals surface area contributed by atoms with Crippen molar-refractivity contribution in [3.8, 4) is 0 Å². The van der Waals surface area contributed by atoms with Crippen LogP contribution in [0.25, 0.3) is 0 Å². The summed E-state index contributed by atoms with van der Waals surface area (Å²) in [5.74, 6) is -4.55. The number of hydrogen-bond acceptors (Lipinski definition) is 13. The molecule has 1 saturated heterocycles. The summed E-state index contributed by atoms with van der Waals surface area (Å²) in [6, 6.07) is 6.89. The first-order valence-corrected chi connectivity index (χ1v) is 18.0. The molecular formula is C38H51NO13. The van der Waals surface area contributed by atoms with Crippen molar-refractivity contribution < 1.29 is 63.7 Å². The molecule has 14 nitrogen and oxygen atoms in total. The van der Waals surface area contributed by atoms with Crippen molar-refractivity contribution in [3.05, 3.63) is 47.0 Å². The van der Waals surface area contributed by atoms with E-state index in [4.69, 9.17) is 18.9 Å². The molecule has 1 aliphatic heterocycles. The lowest BCUT2D eigenvalue weighted by atomic mass is 9.44. The van der Waals surface area contributed by atoms with E-state index >= 15 is 0 Å². The van der Waals surface area contributed by atoms with Gasteiger partial charge in [-0.2, -0.15) is 0 Å². The van der Waals surface area contributed by atoms with Crippen LogP contribution in [0.15, 0.2) is 41.5 Å². The van der Waals surface area contributed by atoms with Crippen molar-refractivity contribution in [1.82, 2.24) is 5.32 Å². The first-order valence-electron chi connectivity index (χ1n) is 18.0. The van der Waals surface area contributed by atoms with Crippen LogP contribution in [0, 0.1) is 28.6 Å². The van der Waals surface area contributed by atoms with Gasteiger partial charge < -0.3 is 49.8 Å². The molecule has 1 aromatic rings. The third-order valence-corrected chi connectivity index (χ3v) is 12.4. The van der Waals surface area contributed by atoms with Crippen LogP contribution < -0.4 is 5.32 Å². The van der Waals surface area contributed by atoms with Crippen molar-refractivity contribution in [2.24, 2.45) is 28.6 Å². The first kappa shape index (κ1) is 38.3. The Kier molecular flexibility index (Phi) is 9.93. The Balaban J connectivity index is 1.42. The maximum atomic E-state index is 14.6. The van der Waals surface area contributed by atoms with Gasteiger partial charge in [-0.3, -0.25) is 4.79 Å². The highest BCUT2D eigenvalue weighted by Crippen LogP contribution is 2.63. The summed E-state index contributed by atoms with van der Waals surface area (Å²) in [6.45, 7) is 9.60. The fourth-order valence-electron chi connectivity index (χ4n) is 9.06. The molecule has 286 valence electrons. The third kappa shape index (κ3) is 6.05. The highest BCUT2D eigenvalue weighted by molar-refractivity contribution is 5.94. The number of rotatable bonds is 9. The molecule has 0 aromatic heterocycles. The van der Waals surface area contributed by atoms with Gasteiger partial charge in [0.25, 0.3) is 0 Å². The van der Waals surface area contributed by atoms with Crippen molar-refractivity contribution in [2.75, 3.05) is 13.2 Å². The number of ketones is 1. The number of Topliss-reactive ketones (excluding diaryl/α,β-unsaturated/α-hetero) is 1. The molecule has 5 aliphatic rings. The average molecular weight is 730 g/mol. The standard InChI is InChI=1S/C38H51NO13/c1-18(2)16-49-34(46)39-26(20-12-13-20)28(42)33(45)51-22-15-38(48)31(52-32(44)21-10-8-7-9-11-21)29-36(6,23(40)14-24-37(29,47)17-50-24)30(43)27(41)25(19(22)3)35(38,4)5/h7-11,18,20,22-24,26-29,31,40-42,47-48H,12-17H2,1-6H3,(H,39,46)/t22?,23-,24+,26-,27+,28+,29-,31-,36+,37-,38+/m0/s1. The zero-order valence-electron chi connectivity index (χ0n) is 30.4. The lowest BCUT2D eigenvalue weighted by Crippen LogP contribution is -2.81. The Morgan fingerprint density at radius 2 is 1.69 bits per heavy atom. The van der Waals surface area contributed by atoms with Gasteiger partial charge in [0.15, 0.2) is 11.9 Å². The number of carbonyl (C=O) groups is 4. The molecule has 6 rings (SSSR count). The van der Waals surface area contributed by atoms with Crippen LogP contribution in [-0.2, 0) is 28.5 Å². The molecule has 4 fully saturated rings. The van der Waals surface area contributed by atoms with Gasteiger partial charge in [-0.25, -0.2) is 14.4 Å². The van der Waals surface area contributed by atoms with E-state index < -0.39 is 101 Å². The Bertz CT molecular complexity index is 1620. The van der Waals surface area contributed by atoms with E-state index in [9.17, 15) is 44.7 Å². The van der Waals surface area contributed by atoms with Crippen molar-refractivity contribution in [3.63, 3.8) is 0 Å². The number of aliphatic hydroxyl groups excluding tert-OH is 3. The van der Waals surface area contributed by atoms with Crippen molar-refractivity contribution in [2.45, 2.75) is 121 Å². The van der Waals surface area contributed by atoms with Gasteiger partial charge in [0.1, 0.15) is 29.5 Å². The lowest BCUT2D eigenvalue weighted by molar-refractivity contribution is -0.343. The van der Waals surface area contributed by atoms with Gasteiger partial charge in [0, 0.05) is 24.2 Å². The number of benzene rings is 1. The summed E-state index contributed by atoms with van der Waals surface area (Å²) in [7, 11) is 0. The van der Waals surface area contributed by atoms with E-state index in [1.165, 1.54) is 26.0 Å². The Morgan fingerprint density at radius 1 is 1.04 bits per heavy atom. The zero-order chi connectivity index (χ0) is 38.1. The van der Waals surface area contributed by atoms with Crippen LogP contribution in [-0.4, -0.2) is 116 Å². The molecular weight excluding hydrogens is 678 g/mol. The maximum Gasteiger partial charge on any atom is 0.407 e. The SMILES string of the molecule is CC1=C2[C@@H](O)C(=O)[C@@]3(C)[C@H]([C@H](OC(=O)c4ccccc4)[C@](O)(CC1OC(=O)[C@H](O)[C@@H](NC(=O)OCC(C)C)C1CC1)C2(C)C)[C@]1(O)CO[C@@H]1C[C@@H]3O. The minimum absolute atomic E-state index is 0.0146. The van der Waals surface area contributed by atoms with Gasteiger partial charge in [-0.15, -0.1) is 0 Å². The summed E-state index contributed by atoms with van der Waals surface area (Å²) in [5, 5.41) is 62.7. The van der Waals surface area contributed by atoms with E-state index in [-0.39, 0.29) is 48.2 Å². The first-order chi connectivity index (χ1) is 24.3. The van der Waals surface area contributed by atoms with Gasteiger partial charge in [-0.1, -0.05) is 45.9 Å². The zero-order valence-corrected chi connectivity index (χ0v) is 30.4. The predicted molar refractivity (Wildman–Crippen MR) is 181 cm³/mol. The molecule has 1 heterocycles. The number of hydrogen-bond donors (Lipinski definition) is 6. The summed E-state index contributed by atoms with van der Waals surface area (Å²) < 4.78 is 22.9. The molecule has 52 heavy (non-hydrogen) atoms. The number of aliphatic hydroxyl groups is 5. The molecule has 11 atom stereocenters. The number of ether oxygens (including phenoxy) is 4. The second kappa shape index (κ2) is 13.5. The van der Waals surface area contributed by atoms with Crippen molar-refractivity contribution in [1.29, 1.82) is 0 Å². The van der Waals surface area contributed by atoms with E-state index in [0.717, 1.165) is 0 Å². The summed E-state index contributed by atoms with van der Waals surface area (Å²) >= 11 is 0. The quantitative estimate of drug-likeness (QED) is 0.121. The minimum atomic E-state index is -2.27. The molecule has 6 N–H and O–H groups in total. The van der Waals surface area contributed by atoms with Gasteiger partial charge >= 0.3 is 18.0 Å². The van der Waals surface area contributed by atoms with Gasteiger partial charge in [-0.05, 0) is 61.8 Å². The number of alkyl carbamates (subject to hydrolysis) is 1. The minimum Gasteiger partial charge on any atom is -0.456 e. The molecule has 1 unspecified atom stereocenters. The third-order valence-electron chi connectivity index (χ3n) is 12.4. The van der Waals surface area contributed by atoms with Crippen LogP contribution in [0.1, 0.15) is 77.6 Å². The van der Waals surface area contributed by atoms with Crippen molar-refractivity contribution >= 4 is 23.8 Å². The number of fused-ring (bicyclic) bond motifs is 5. The Labute approximate surface area is 302 Å². The second-order valence-corrected chi connectivity index (χ2v) is 16.5. The summed E-state index contributed by atoms with van der Waals surface area (Å²) in [5.41, 5.74) is -7.33. The molecule has 14 heteroatoms. The number of esters is 2. The second-order valence-electron chi connectivity index (χ2n) is 16.5. The molecule has 1 amide bonds. The van der Waals surface area contributed by atoms with Gasteiger partial charge in [0.05, 0.1) is 42.4 Å². The van der Waals surface area contributed by atoms with Crippen LogP contribution in [0.4, 0.5) is 4.79 Å². The lowest BCUT2D eigenvalue weighted by Gasteiger charge is -2.66. The van der Waals surface area contributed by atoms with E-state index in [1.54, 1.807) is 32.0 Å². The summed E-state index contributed by atoms with van der Waals surface area (Å²) in [6.07, 6.45) is -9.46. The van der Waals surface area contributed by atoms with Crippen LogP contribution in [0.2, 0.25) is 0 Å². The molecule has 0 spiro atoms. The fraction of sp³-hybridized carbons (Fsp3) is 0.684. The van der Waals surface area contributed by atoms with E-state index in [2.05, 4.69) is 5.32 Å². The Morgan fingerprint density at radius 3 is 2.27 bits per heavy atom. The monoisotopic (exact) mass is 729 g/mol. The molecule has 1 aromatic carbocycles.